The fraction of sp³-hybridized carbons (Fsp3) is 0.133. The first-order valence-electron chi connectivity index (χ1n) is 12.4. The van der Waals surface area contributed by atoms with E-state index in [4.69, 9.17) is 4.98 Å². The van der Waals surface area contributed by atoms with Gasteiger partial charge in [0, 0.05) is 41.5 Å². The molecule has 0 spiro atoms. The first-order chi connectivity index (χ1) is 18.9. The molecular formula is C30H29FN8. The van der Waals surface area contributed by atoms with Gasteiger partial charge in [0.15, 0.2) is 17.1 Å². The average molecular weight is 521 g/mol. The monoisotopic (exact) mass is 520 g/mol. The number of nitrogens with zero attached hydrogens (tertiary/aromatic N) is 5. The highest BCUT2D eigenvalue weighted by Crippen LogP contribution is 2.31. The van der Waals surface area contributed by atoms with E-state index in [1.165, 1.54) is 12.1 Å². The molecule has 8 nitrogen and oxygen atoms in total. The van der Waals surface area contributed by atoms with Crippen LogP contribution in [0.5, 0.6) is 0 Å². The second-order valence-electron chi connectivity index (χ2n) is 9.36. The van der Waals surface area contributed by atoms with Crippen molar-refractivity contribution in [2.24, 2.45) is 0 Å². The summed E-state index contributed by atoms with van der Waals surface area (Å²) in [7, 11) is 3.98. The molecule has 0 atom stereocenters. The summed E-state index contributed by atoms with van der Waals surface area (Å²) in [5.41, 5.74) is 7.58. The molecule has 0 aliphatic carbocycles. The third-order valence-electron chi connectivity index (χ3n) is 6.18. The third-order valence-corrected chi connectivity index (χ3v) is 6.18. The quantitative estimate of drug-likeness (QED) is 0.211. The molecular weight excluding hydrogens is 491 g/mol. The topological polar surface area (TPSA) is 98.4 Å². The van der Waals surface area contributed by atoms with E-state index in [1.54, 1.807) is 24.5 Å². The van der Waals surface area contributed by atoms with Gasteiger partial charge in [0.25, 0.3) is 0 Å². The summed E-state index contributed by atoms with van der Waals surface area (Å²) in [4.78, 5) is 19.1. The van der Waals surface area contributed by atoms with Crippen LogP contribution in [0.25, 0.3) is 50.4 Å². The second kappa shape index (κ2) is 10.8. The van der Waals surface area contributed by atoms with E-state index in [0.29, 0.717) is 34.9 Å². The van der Waals surface area contributed by atoms with Crippen LogP contribution in [0.2, 0.25) is 0 Å². The van der Waals surface area contributed by atoms with Gasteiger partial charge in [0.05, 0.1) is 10.9 Å². The van der Waals surface area contributed by atoms with Gasteiger partial charge in [-0.3, -0.25) is 5.10 Å². The van der Waals surface area contributed by atoms with Crippen molar-refractivity contribution >= 4 is 27.8 Å². The number of aromatic amines is 2. The van der Waals surface area contributed by atoms with Crippen LogP contribution in [-0.2, 0) is 0 Å². The zero-order valence-electron chi connectivity index (χ0n) is 22.1. The molecule has 196 valence electrons. The number of fused-ring (bicyclic) bond motifs is 2. The number of hydrogen-bond acceptors (Lipinski definition) is 6. The van der Waals surface area contributed by atoms with Crippen molar-refractivity contribution in [2.45, 2.75) is 6.92 Å². The van der Waals surface area contributed by atoms with Gasteiger partial charge in [-0.15, -0.1) is 0 Å². The molecule has 0 bridgehead atoms. The van der Waals surface area contributed by atoms with E-state index in [0.717, 1.165) is 39.0 Å². The molecule has 0 amide bonds. The fourth-order valence-electron chi connectivity index (χ4n) is 4.44. The van der Waals surface area contributed by atoms with Gasteiger partial charge in [0.2, 0.25) is 0 Å². The van der Waals surface area contributed by atoms with E-state index in [9.17, 15) is 4.39 Å². The van der Waals surface area contributed by atoms with E-state index in [-0.39, 0.29) is 5.82 Å². The van der Waals surface area contributed by atoms with Crippen LogP contribution in [0.15, 0.2) is 91.6 Å². The molecule has 0 saturated carbocycles. The summed E-state index contributed by atoms with van der Waals surface area (Å²) < 4.78 is 13.9. The lowest BCUT2D eigenvalue weighted by Crippen LogP contribution is -2.23. The summed E-state index contributed by atoms with van der Waals surface area (Å²) in [5, 5.41) is 11.6. The Bertz CT molecular complexity index is 1760. The molecule has 0 radical (unpaired) electrons. The molecule has 4 aromatic heterocycles. The molecule has 0 unspecified atom stereocenters. The lowest BCUT2D eigenvalue weighted by atomic mass is 10.0. The number of aromatic nitrogens is 6. The van der Waals surface area contributed by atoms with Crippen molar-refractivity contribution in [3.05, 3.63) is 103 Å². The summed E-state index contributed by atoms with van der Waals surface area (Å²) in [5.74, 6) is 0.259. The Morgan fingerprint density at radius 2 is 2.00 bits per heavy atom. The SMILES string of the molecule is C=C/C(=C\C(=C/C)c1cnc2n[nH]c(-c3nc4nccc(-c5cccc(F)c5)c4[nH]3)c2c1)NC(=C)CN(C)C. The van der Waals surface area contributed by atoms with Crippen molar-refractivity contribution in [1.82, 2.24) is 40.3 Å². The Labute approximate surface area is 225 Å². The largest absolute Gasteiger partial charge is 0.358 e. The standard InChI is InChI=1S/C30H29FN8/c1-6-19(14-23(7-2)34-18(3)17-39(4)5)21-15-25-27(37-38-28(25)33-16-21)30-35-26-24(11-12-32-29(26)36-30)20-9-8-10-22(31)13-20/h6-16,34H,2-3,17H2,1,4-5H3,(H,32,35,36)(H,33,37,38)/b19-6+,23-14+. The molecule has 3 N–H and O–H groups in total. The maximum atomic E-state index is 13.9. The number of imidazole rings is 1. The number of benzene rings is 1. The molecule has 5 aromatic rings. The van der Waals surface area contributed by atoms with Gasteiger partial charge >= 0.3 is 0 Å². The molecule has 4 heterocycles. The Balaban J connectivity index is 1.53. The molecule has 0 aliphatic rings. The highest BCUT2D eigenvalue weighted by molar-refractivity contribution is 5.96. The van der Waals surface area contributed by atoms with Gasteiger partial charge < -0.3 is 15.2 Å². The predicted molar refractivity (Wildman–Crippen MR) is 155 cm³/mol. The Morgan fingerprint density at radius 3 is 2.74 bits per heavy atom. The van der Waals surface area contributed by atoms with Crippen LogP contribution in [0.1, 0.15) is 12.5 Å². The minimum Gasteiger partial charge on any atom is -0.358 e. The first kappa shape index (κ1) is 25.7. The van der Waals surface area contributed by atoms with E-state index >= 15 is 0 Å². The molecule has 0 saturated heterocycles. The van der Waals surface area contributed by atoms with Crippen molar-refractivity contribution in [1.29, 1.82) is 0 Å². The highest BCUT2D eigenvalue weighted by atomic mass is 19.1. The highest BCUT2D eigenvalue weighted by Gasteiger charge is 2.17. The molecule has 0 fully saturated rings. The fourth-order valence-corrected chi connectivity index (χ4v) is 4.44. The number of nitrogens with one attached hydrogen (secondary N) is 3. The molecule has 9 heteroatoms. The minimum atomic E-state index is -0.305. The van der Waals surface area contributed by atoms with Crippen molar-refractivity contribution in [3.63, 3.8) is 0 Å². The number of hydrogen-bond donors (Lipinski definition) is 3. The number of pyridine rings is 2. The lowest BCUT2D eigenvalue weighted by Gasteiger charge is -2.15. The predicted octanol–water partition coefficient (Wildman–Crippen LogP) is 5.84. The summed E-state index contributed by atoms with van der Waals surface area (Å²) >= 11 is 0. The number of rotatable bonds is 9. The smallest absolute Gasteiger partial charge is 0.181 e. The van der Waals surface area contributed by atoms with Crippen LogP contribution < -0.4 is 5.32 Å². The van der Waals surface area contributed by atoms with Crippen LogP contribution in [0, 0.1) is 5.82 Å². The third kappa shape index (κ3) is 5.39. The zero-order chi connectivity index (χ0) is 27.5. The number of allylic oxidation sites excluding steroid dienone is 4. The second-order valence-corrected chi connectivity index (χ2v) is 9.36. The molecule has 0 aliphatic heterocycles. The van der Waals surface area contributed by atoms with Gasteiger partial charge in [-0.1, -0.05) is 31.4 Å². The normalized spacial score (nSPS) is 12.4. The Hall–Kier alpha value is -4.89. The van der Waals surface area contributed by atoms with Gasteiger partial charge in [0.1, 0.15) is 11.5 Å². The van der Waals surface area contributed by atoms with Crippen molar-refractivity contribution in [3.8, 4) is 22.6 Å². The Kier molecular flexibility index (Phi) is 7.16. The zero-order valence-corrected chi connectivity index (χ0v) is 22.1. The number of likely N-dealkylation sites (N-methyl/N-ethyl adjacent to an activating group) is 1. The molecule has 39 heavy (non-hydrogen) atoms. The summed E-state index contributed by atoms with van der Waals surface area (Å²) in [6.45, 7) is 10.7. The van der Waals surface area contributed by atoms with Crippen molar-refractivity contribution < 1.29 is 4.39 Å². The molecule has 1 aromatic carbocycles. The average Bonchev–Trinajstić information content (AvgIpc) is 3.54. The Morgan fingerprint density at radius 1 is 1.15 bits per heavy atom. The van der Waals surface area contributed by atoms with Gasteiger partial charge in [-0.2, -0.15) is 5.10 Å². The van der Waals surface area contributed by atoms with Crippen LogP contribution in [0.3, 0.4) is 0 Å². The summed E-state index contributed by atoms with van der Waals surface area (Å²) in [6.07, 6.45) is 9.24. The van der Waals surface area contributed by atoms with Crippen LogP contribution >= 0.6 is 0 Å². The first-order valence-corrected chi connectivity index (χ1v) is 12.4. The van der Waals surface area contributed by atoms with E-state index < -0.39 is 0 Å². The maximum Gasteiger partial charge on any atom is 0.181 e. The van der Waals surface area contributed by atoms with E-state index in [2.05, 4.69) is 43.6 Å². The van der Waals surface area contributed by atoms with Crippen LogP contribution in [0.4, 0.5) is 4.39 Å². The maximum absolute atomic E-state index is 13.9. The van der Waals surface area contributed by atoms with Crippen molar-refractivity contribution in [2.75, 3.05) is 20.6 Å². The molecule has 5 rings (SSSR count). The number of H-pyrrole nitrogens is 2. The number of halogens is 1. The lowest BCUT2D eigenvalue weighted by molar-refractivity contribution is 0.438. The summed E-state index contributed by atoms with van der Waals surface area (Å²) in [6, 6.07) is 10.3. The minimum absolute atomic E-state index is 0.305. The van der Waals surface area contributed by atoms with Gasteiger partial charge in [-0.05, 0) is 68.6 Å². The van der Waals surface area contributed by atoms with Crippen LogP contribution in [-0.4, -0.2) is 55.7 Å². The van der Waals surface area contributed by atoms with Gasteiger partial charge in [-0.25, -0.2) is 19.3 Å². The van der Waals surface area contributed by atoms with E-state index in [1.807, 2.05) is 56.3 Å².